The zero-order valence-corrected chi connectivity index (χ0v) is 11.8. The van der Waals surface area contributed by atoms with Gasteiger partial charge in [0.15, 0.2) is 0 Å². The van der Waals surface area contributed by atoms with Crippen LogP contribution in [0, 0.1) is 0 Å². The molecule has 94 valence electrons. The Morgan fingerprint density at radius 3 is 2.44 bits per heavy atom. The van der Waals surface area contributed by atoms with Crippen molar-refractivity contribution >= 4 is 15.9 Å². The summed E-state index contributed by atoms with van der Waals surface area (Å²) < 4.78 is 11.9. The van der Waals surface area contributed by atoms with Crippen molar-refractivity contribution < 1.29 is 9.47 Å². The van der Waals surface area contributed by atoms with E-state index < -0.39 is 0 Å². The maximum absolute atomic E-state index is 5.81. The number of hydrogen-bond donors (Lipinski definition) is 0. The highest BCUT2D eigenvalue weighted by Gasteiger charge is 2.06. The Balaban J connectivity index is 2.08. The summed E-state index contributed by atoms with van der Waals surface area (Å²) in [5.41, 5.74) is 2.24. The first-order valence-corrected chi connectivity index (χ1v) is 6.53. The molecule has 2 rings (SSSR count). The first-order chi connectivity index (χ1) is 8.81. The van der Waals surface area contributed by atoms with Crippen LogP contribution >= 0.6 is 15.9 Å². The van der Waals surface area contributed by atoms with Gasteiger partial charge in [0.2, 0.25) is 0 Å². The predicted octanol–water partition coefficient (Wildman–Crippen LogP) is 4.17. The first-order valence-electron chi connectivity index (χ1n) is 5.74. The SMILES string of the molecule is COCc1cccc(OCc2ccccc2)c1Br. The second-order valence-electron chi connectivity index (χ2n) is 3.94. The quantitative estimate of drug-likeness (QED) is 0.825. The van der Waals surface area contributed by atoms with Crippen molar-refractivity contribution in [3.63, 3.8) is 0 Å². The number of rotatable bonds is 5. The molecule has 0 aliphatic heterocycles. The number of methoxy groups -OCH3 is 1. The van der Waals surface area contributed by atoms with Gasteiger partial charge in [-0.2, -0.15) is 0 Å². The molecule has 2 aromatic rings. The Hall–Kier alpha value is -1.32. The van der Waals surface area contributed by atoms with Crippen molar-refractivity contribution in [2.75, 3.05) is 7.11 Å². The third kappa shape index (κ3) is 3.34. The summed E-state index contributed by atoms with van der Waals surface area (Å²) in [5, 5.41) is 0. The monoisotopic (exact) mass is 306 g/mol. The summed E-state index contributed by atoms with van der Waals surface area (Å²) in [4.78, 5) is 0. The van der Waals surface area contributed by atoms with Gasteiger partial charge in [0.1, 0.15) is 12.4 Å². The van der Waals surface area contributed by atoms with Gasteiger partial charge >= 0.3 is 0 Å². The standard InChI is InChI=1S/C15H15BrO2/c1-17-11-13-8-5-9-14(15(13)16)18-10-12-6-3-2-4-7-12/h2-9H,10-11H2,1H3. The molecule has 2 nitrogen and oxygen atoms in total. The summed E-state index contributed by atoms with van der Waals surface area (Å²) in [5.74, 6) is 0.841. The lowest BCUT2D eigenvalue weighted by molar-refractivity contribution is 0.183. The molecule has 0 unspecified atom stereocenters. The van der Waals surface area contributed by atoms with Gasteiger partial charge in [-0.05, 0) is 33.1 Å². The molecule has 0 saturated carbocycles. The van der Waals surface area contributed by atoms with Gasteiger partial charge < -0.3 is 9.47 Å². The zero-order valence-electron chi connectivity index (χ0n) is 10.2. The number of benzene rings is 2. The molecular weight excluding hydrogens is 292 g/mol. The highest BCUT2D eigenvalue weighted by molar-refractivity contribution is 9.10. The van der Waals surface area contributed by atoms with Crippen LogP contribution in [0.2, 0.25) is 0 Å². The zero-order chi connectivity index (χ0) is 12.8. The van der Waals surface area contributed by atoms with E-state index >= 15 is 0 Å². The first kappa shape index (κ1) is 13.1. The van der Waals surface area contributed by atoms with Gasteiger partial charge in [-0.3, -0.25) is 0 Å². The Morgan fingerprint density at radius 1 is 0.944 bits per heavy atom. The van der Waals surface area contributed by atoms with Gasteiger partial charge in [0.05, 0.1) is 11.1 Å². The molecule has 0 saturated heterocycles. The van der Waals surface area contributed by atoms with Crippen LogP contribution in [-0.2, 0) is 18.0 Å². The van der Waals surface area contributed by atoms with Crippen LogP contribution in [0.3, 0.4) is 0 Å². The minimum Gasteiger partial charge on any atom is -0.488 e. The minimum atomic E-state index is 0.565. The number of halogens is 1. The van der Waals surface area contributed by atoms with Crippen LogP contribution in [0.5, 0.6) is 5.75 Å². The van der Waals surface area contributed by atoms with E-state index in [1.807, 2.05) is 48.5 Å². The molecule has 0 aliphatic carbocycles. The molecule has 0 aromatic heterocycles. The van der Waals surface area contributed by atoms with E-state index in [4.69, 9.17) is 9.47 Å². The fraction of sp³-hybridized carbons (Fsp3) is 0.200. The van der Waals surface area contributed by atoms with E-state index in [1.54, 1.807) is 7.11 Å². The third-order valence-electron chi connectivity index (χ3n) is 2.58. The minimum absolute atomic E-state index is 0.565. The average molecular weight is 307 g/mol. The van der Waals surface area contributed by atoms with Gasteiger partial charge in [-0.25, -0.2) is 0 Å². The molecule has 0 spiro atoms. The highest BCUT2D eigenvalue weighted by atomic mass is 79.9. The maximum Gasteiger partial charge on any atom is 0.134 e. The Labute approximate surface area is 116 Å². The van der Waals surface area contributed by atoms with Crippen molar-refractivity contribution in [2.45, 2.75) is 13.2 Å². The second kappa shape index (κ2) is 6.57. The average Bonchev–Trinajstić information content (AvgIpc) is 2.41. The van der Waals surface area contributed by atoms with Crippen LogP contribution in [0.15, 0.2) is 53.0 Å². The van der Waals surface area contributed by atoms with Crippen molar-refractivity contribution in [3.8, 4) is 5.75 Å². The molecular formula is C15H15BrO2. The van der Waals surface area contributed by atoms with Crippen LogP contribution in [-0.4, -0.2) is 7.11 Å². The van der Waals surface area contributed by atoms with E-state index in [1.165, 1.54) is 0 Å². The summed E-state index contributed by atoms with van der Waals surface area (Å²) in [6, 6.07) is 16.1. The van der Waals surface area contributed by atoms with Gasteiger partial charge in [-0.15, -0.1) is 0 Å². The van der Waals surface area contributed by atoms with Gasteiger partial charge in [0.25, 0.3) is 0 Å². The molecule has 0 fully saturated rings. The topological polar surface area (TPSA) is 18.5 Å². The van der Waals surface area contributed by atoms with Crippen molar-refractivity contribution in [1.29, 1.82) is 0 Å². The van der Waals surface area contributed by atoms with Crippen molar-refractivity contribution in [2.24, 2.45) is 0 Å². The summed E-state index contributed by atoms with van der Waals surface area (Å²) in [7, 11) is 1.68. The number of hydrogen-bond acceptors (Lipinski definition) is 2. The Bertz CT molecular complexity index is 497. The summed E-state index contributed by atoms with van der Waals surface area (Å²) >= 11 is 3.55. The van der Waals surface area contributed by atoms with E-state index in [9.17, 15) is 0 Å². The Morgan fingerprint density at radius 2 is 1.72 bits per heavy atom. The molecule has 0 aliphatic rings. The lowest BCUT2D eigenvalue weighted by Crippen LogP contribution is -1.98. The van der Waals surface area contributed by atoms with Crippen molar-refractivity contribution in [1.82, 2.24) is 0 Å². The fourth-order valence-corrected chi connectivity index (χ4v) is 2.16. The summed E-state index contributed by atoms with van der Waals surface area (Å²) in [6.07, 6.45) is 0. The fourth-order valence-electron chi connectivity index (χ4n) is 1.67. The smallest absolute Gasteiger partial charge is 0.134 e. The van der Waals surface area contributed by atoms with Crippen molar-refractivity contribution in [3.05, 3.63) is 64.1 Å². The van der Waals surface area contributed by atoms with Crippen LogP contribution < -0.4 is 4.74 Å². The molecule has 0 amide bonds. The van der Waals surface area contributed by atoms with Crippen LogP contribution in [0.4, 0.5) is 0 Å². The molecule has 3 heteroatoms. The van der Waals surface area contributed by atoms with E-state index in [0.29, 0.717) is 13.2 Å². The predicted molar refractivity (Wildman–Crippen MR) is 75.6 cm³/mol. The van der Waals surface area contributed by atoms with E-state index in [0.717, 1.165) is 21.3 Å². The number of ether oxygens (including phenoxy) is 2. The lowest BCUT2D eigenvalue weighted by Gasteiger charge is -2.11. The second-order valence-corrected chi connectivity index (χ2v) is 4.73. The van der Waals surface area contributed by atoms with Gasteiger partial charge in [0, 0.05) is 7.11 Å². The van der Waals surface area contributed by atoms with Crippen LogP contribution in [0.1, 0.15) is 11.1 Å². The lowest BCUT2D eigenvalue weighted by atomic mass is 10.2. The maximum atomic E-state index is 5.81. The highest BCUT2D eigenvalue weighted by Crippen LogP contribution is 2.29. The molecule has 0 bridgehead atoms. The van der Waals surface area contributed by atoms with E-state index in [2.05, 4.69) is 15.9 Å². The summed E-state index contributed by atoms with van der Waals surface area (Å²) in [6.45, 7) is 1.14. The van der Waals surface area contributed by atoms with Crippen LogP contribution in [0.25, 0.3) is 0 Å². The molecule has 0 atom stereocenters. The normalized spacial score (nSPS) is 10.3. The molecule has 0 radical (unpaired) electrons. The molecule has 0 heterocycles. The molecule has 18 heavy (non-hydrogen) atoms. The molecule has 2 aromatic carbocycles. The largest absolute Gasteiger partial charge is 0.488 e. The Kier molecular flexibility index (Phi) is 4.79. The third-order valence-corrected chi connectivity index (χ3v) is 3.48. The molecule has 0 N–H and O–H groups in total. The van der Waals surface area contributed by atoms with E-state index in [-0.39, 0.29) is 0 Å². The van der Waals surface area contributed by atoms with Gasteiger partial charge in [-0.1, -0.05) is 42.5 Å².